The molecule has 0 aromatic carbocycles. The van der Waals surface area contributed by atoms with Gasteiger partial charge in [-0.25, -0.2) is 0 Å². The van der Waals surface area contributed by atoms with E-state index in [-0.39, 0.29) is 18.1 Å². The van der Waals surface area contributed by atoms with Gasteiger partial charge in [-0.05, 0) is 25.7 Å². The summed E-state index contributed by atoms with van der Waals surface area (Å²) < 4.78 is 5.40. The van der Waals surface area contributed by atoms with Crippen molar-refractivity contribution in [3.8, 4) is 0 Å². The average molecular weight is 264 g/mol. The molecule has 1 fully saturated rings. The zero-order valence-electron chi connectivity index (χ0n) is 8.59. The van der Waals surface area contributed by atoms with Crippen LogP contribution in [0.3, 0.4) is 0 Å². The molecule has 3 nitrogen and oxygen atoms in total. The lowest BCUT2D eigenvalue weighted by Gasteiger charge is -2.24. The van der Waals surface area contributed by atoms with E-state index in [0.717, 1.165) is 37.6 Å². The molecule has 1 aliphatic heterocycles. The molecule has 1 N–H and O–H groups in total. The molecule has 2 unspecified atom stereocenters. The fraction of sp³-hybridized carbons (Fsp3) is 0.900. The molecule has 2 atom stereocenters. The SMILES string of the molecule is CCC(CBr)NC(=O)C1CCCCO1. The maximum absolute atomic E-state index is 11.7. The van der Waals surface area contributed by atoms with Gasteiger partial charge in [0, 0.05) is 18.0 Å². The van der Waals surface area contributed by atoms with Crippen LogP contribution in [-0.2, 0) is 9.53 Å². The topological polar surface area (TPSA) is 38.3 Å². The summed E-state index contributed by atoms with van der Waals surface area (Å²) in [5.41, 5.74) is 0. The molecule has 14 heavy (non-hydrogen) atoms. The number of carbonyl (C=O) groups excluding carboxylic acids is 1. The third-order valence-corrected chi connectivity index (χ3v) is 3.28. The van der Waals surface area contributed by atoms with Gasteiger partial charge in [0.1, 0.15) is 6.10 Å². The summed E-state index contributed by atoms with van der Waals surface area (Å²) in [4.78, 5) is 11.7. The molecule has 0 spiro atoms. The van der Waals surface area contributed by atoms with Gasteiger partial charge in [0.25, 0.3) is 0 Å². The fourth-order valence-corrected chi connectivity index (χ4v) is 2.11. The Morgan fingerprint density at radius 1 is 1.64 bits per heavy atom. The van der Waals surface area contributed by atoms with Crippen LogP contribution in [0.4, 0.5) is 0 Å². The van der Waals surface area contributed by atoms with Gasteiger partial charge in [0.05, 0.1) is 0 Å². The summed E-state index contributed by atoms with van der Waals surface area (Å²) in [7, 11) is 0. The molecule has 1 saturated heterocycles. The van der Waals surface area contributed by atoms with Gasteiger partial charge in [-0.3, -0.25) is 4.79 Å². The van der Waals surface area contributed by atoms with Crippen molar-refractivity contribution >= 4 is 21.8 Å². The first-order valence-corrected chi connectivity index (χ1v) is 6.38. The standard InChI is InChI=1S/C10H18BrNO2/c1-2-8(7-11)12-10(13)9-5-3-4-6-14-9/h8-9H,2-7H2,1H3,(H,12,13). The van der Waals surface area contributed by atoms with E-state index in [4.69, 9.17) is 4.74 Å². The number of alkyl halides is 1. The summed E-state index contributed by atoms with van der Waals surface area (Å²) in [6, 6.07) is 0.230. The Hall–Kier alpha value is -0.0900. The number of carbonyl (C=O) groups is 1. The van der Waals surface area contributed by atoms with Crippen LogP contribution in [0.25, 0.3) is 0 Å². The smallest absolute Gasteiger partial charge is 0.249 e. The van der Waals surface area contributed by atoms with E-state index < -0.39 is 0 Å². The monoisotopic (exact) mass is 263 g/mol. The number of hydrogen-bond donors (Lipinski definition) is 1. The first-order valence-electron chi connectivity index (χ1n) is 5.25. The number of nitrogens with one attached hydrogen (secondary N) is 1. The molecule has 82 valence electrons. The van der Waals surface area contributed by atoms with Crippen molar-refractivity contribution < 1.29 is 9.53 Å². The Morgan fingerprint density at radius 3 is 2.93 bits per heavy atom. The van der Waals surface area contributed by atoms with Crippen molar-refractivity contribution in [1.29, 1.82) is 0 Å². The minimum atomic E-state index is -0.211. The minimum Gasteiger partial charge on any atom is -0.368 e. The van der Waals surface area contributed by atoms with Crippen LogP contribution in [0.15, 0.2) is 0 Å². The maximum Gasteiger partial charge on any atom is 0.249 e. The van der Waals surface area contributed by atoms with E-state index in [2.05, 4.69) is 28.2 Å². The zero-order valence-corrected chi connectivity index (χ0v) is 10.2. The maximum atomic E-state index is 11.7. The van der Waals surface area contributed by atoms with Crippen LogP contribution in [0.1, 0.15) is 32.6 Å². The highest BCUT2D eigenvalue weighted by Crippen LogP contribution is 2.13. The first kappa shape index (κ1) is 12.0. The second kappa shape index (κ2) is 6.40. The van der Waals surface area contributed by atoms with Crippen LogP contribution in [0.2, 0.25) is 0 Å². The second-order valence-corrected chi connectivity index (χ2v) is 4.27. The summed E-state index contributed by atoms with van der Waals surface area (Å²) in [5.74, 6) is 0.0519. The van der Waals surface area contributed by atoms with Gasteiger partial charge < -0.3 is 10.1 Å². The van der Waals surface area contributed by atoms with Gasteiger partial charge in [0.15, 0.2) is 0 Å². The normalized spacial score (nSPS) is 24.3. The van der Waals surface area contributed by atoms with Gasteiger partial charge in [-0.15, -0.1) is 0 Å². The Bertz CT molecular complexity index is 177. The predicted octanol–water partition coefficient (Wildman–Crippen LogP) is 1.85. The molecule has 1 amide bonds. The molecule has 0 aromatic rings. The molecule has 0 aromatic heterocycles. The lowest BCUT2D eigenvalue weighted by atomic mass is 10.1. The molecule has 1 rings (SSSR count). The Kier molecular flexibility index (Phi) is 5.48. The molecular weight excluding hydrogens is 246 g/mol. The van der Waals surface area contributed by atoms with E-state index in [1.54, 1.807) is 0 Å². The van der Waals surface area contributed by atoms with Crippen molar-refractivity contribution in [2.75, 3.05) is 11.9 Å². The molecule has 1 aliphatic rings. The Balaban J connectivity index is 2.32. The highest BCUT2D eigenvalue weighted by atomic mass is 79.9. The minimum absolute atomic E-state index is 0.0519. The van der Waals surface area contributed by atoms with Gasteiger partial charge in [-0.1, -0.05) is 22.9 Å². The van der Waals surface area contributed by atoms with Crippen LogP contribution >= 0.6 is 15.9 Å². The Morgan fingerprint density at radius 2 is 2.43 bits per heavy atom. The van der Waals surface area contributed by atoms with Crippen molar-refractivity contribution in [1.82, 2.24) is 5.32 Å². The molecule has 4 heteroatoms. The van der Waals surface area contributed by atoms with Crippen molar-refractivity contribution in [3.05, 3.63) is 0 Å². The molecule has 0 saturated carbocycles. The summed E-state index contributed by atoms with van der Waals surface area (Å²) >= 11 is 3.37. The van der Waals surface area contributed by atoms with Crippen LogP contribution in [0, 0.1) is 0 Å². The third kappa shape index (κ3) is 3.58. The number of rotatable bonds is 4. The molecule has 0 bridgehead atoms. The molecular formula is C10H18BrNO2. The van der Waals surface area contributed by atoms with E-state index in [0.29, 0.717) is 0 Å². The van der Waals surface area contributed by atoms with Crippen LogP contribution in [-0.4, -0.2) is 30.0 Å². The van der Waals surface area contributed by atoms with Gasteiger partial charge in [0.2, 0.25) is 5.91 Å². The molecule has 0 aliphatic carbocycles. The fourth-order valence-electron chi connectivity index (χ4n) is 1.49. The average Bonchev–Trinajstić information content (AvgIpc) is 2.26. The lowest BCUT2D eigenvalue weighted by Crippen LogP contribution is -2.44. The van der Waals surface area contributed by atoms with E-state index in [1.807, 2.05) is 0 Å². The van der Waals surface area contributed by atoms with Gasteiger partial charge in [-0.2, -0.15) is 0 Å². The molecule has 0 radical (unpaired) electrons. The molecule has 1 heterocycles. The quantitative estimate of drug-likeness (QED) is 0.787. The highest BCUT2D eigenvalue weighted by Gasteiger charge is 2.23. The van der Waals surface area contributed by atoms with E-state index in [1.165, 1.54) is 0 Å². The third-order valence-electron chi connectivity index (χ3n) is 2.50. The summed E-state index contributed by atoms with van der Waals surface area (Å²) in [6.45, 7) is 2.79. The number of halogens is 1. The van der Waals surface area contributed by atoms with Crippen molar-refractivity contribution in [2.45, 2.75) is 44.8 Å². The number of hydrogen-bond acceptors (Lipinski definition) is 2. The predicted molar refractivity (Wildman–Crippen MR) is 59.6 cm³/mol. The van der Waals surface area contributed by atoms with Crippen LogP contribution < -0.4 is 5.32 Å². The summed E-state index contributed by atoms with van der Waals surface area (Å²) in [6.07, 6.45) is 3.79. The number of ether oxygens (including phenoxy) is 1. The lowest BCUT2D eigenvalue weighted by molar-refractivity contribution is -0.136. The van der Waals surface area contributed by atoms with E-state index >= 15 is 0 Å². The first-order chi connectivity index (χ1) is 6.77. The second-order valence-electron chi connectivity index (χ2n) is 3.62. The number of amides is 1. The zero-order chi connectivity index (χ0) is 10.4. The van der Waals surface area contributed by atoms with Crippen LogP contribution in [0.5, 0.6) is 0 Å². The largest absolute Gasteiger partial charge is 0.368 e. The van der Waals surface area contributed by atoms with Gasteiger partial charge >= 0.3 is 0 Å². The highest BCUT2D eigenvalue weighted by molar-refractivity contribution is 9.09. The van der Waals surface area contributed by atoms with Crippen molar-refractivity contribution in [3.63, 3.8) is 0 Å². The van der Waals surface area contributed by atoms with Crippen molar-refractivity contribution in [2.24, 2.45) is 0 Å². The Labute approximate surface area is 93.7 Å². The summed E-state index contributed by atoms with van der Waals surface area (Å²) in [5, 5.41) is 3.78. The van der Waals surface area contributed by atoms with E-state index in [9.17, 15) is 4.79 Å².